The first-order chi connectivity index (χ1) is 7.64. The van der Waals surface area contributed by atoms with Gasteiger partial charge in [-0.1, -0.05) is 13.0 Å². The zero-order chi connectivity index (χ0) is 12.0. The van der Waals surface area contributed by atoms with E-state index in [2.05, 4.69) is 11.9 Å². The molecule has 16 heavy (non-hydrogen) atoms. The van der Waals surface area contributed by atoms with E-state index in [0.29, 0.717) is 13.1 Å². The molecule has 1 heterocycles. The van der Waals surface area contributed by atoms with E-state index in [1.807, 2.05) is 6.92 Å². The van der Waals surface area contributed by atoms with Gasteiger partial charge >= 0.3 is 0 Å². The molecule has 1 amide bonds. The third kappa shape index (κ3) is 3.06. The number of aliphatic hydroxyl groups excluding tert-OH is 1. The van der Waals surface area contributed by atoms with Crippen LogP contribution in [0.5, 0.6) is 0 Å². The van der Waals surface area contributed by atoms with E-state index in [1.165, 1.54) is 0 Å². The van der Waals surface area contributed by atoms with Crippen LogP contribution >= 0.6 is 0 Å². The summed E-state index contributed by atoms with van der Waals surface area (Å²) in [6, 6.07) is 0. The van der Waals surface area contributed by atoms with Crippen LogP contribution in [0.15, 0.2) is 12.7 Å². The Bertz CT molecular complexity index is 247. The molecule has 1 aliphatic heterocycles. The SMILES string of the molecule is C=CCN(CCO)C(=O)C1(C)CCNCC1. The highest BCUT2D eigenvalue weighted by Crippen LogP contribution is 2.30. The number of rotatable bonds is 5. The largest absolute Gasteiger partial charge is 0.395 e. The van der Waals surface area contributed by atoms with Crippen molar-refractivity contribution in [3.8, 4) is 0 Å². The summed E-state index contributed by atoms with van der Waals surface area (Å²) in [5, 5.41) is 12.2. The predicted molar refractivity (Wildman–Crippen MR) is 64.1 cm³/mol. The minimum Gasteiger partial charge on any atom is -0.395 e. The van der Waals surface area contributed by atoms with E-state index in [9.17, 15) is 4.79 Å². The average Bonchev–Trinajstić information content (AvgIpc) is 2.29. The van der Waals surface area contributed by atoms with E-state index in [-0.39, 0.29) is 17.9 Å². The van der Waals surface area contributed by atoms with Gasteiger partial charge in [-0.05, 0) is 25.9 Å². The normalized spacial score (nSPS) is 19.1. The first-order valence-corrected chi connectivity index (χ1v) is 5.86. The summed E-state index contributed by atoms with van der Waals surface area (Å²) in [5.41, 5.74) is -0.274. The van der Waals surface area contributed by atoms with Crippen LogP contribution in [0.2, 0.25) is 0 Å². The van der Waals surface area contributed by atoms with Crippen molar-refractivity contribution < 1.29 is 9.90 Å². The van der Waals surface area contributed by atoms with E-state index in [1.54, 1.807) is 11.0 Å². The number of carbonyl (C=O) groups is 1. The second-order valence-electron chi connectivity index (χ2n) is 4.57. The molecule has 1 saturated heterocycles. The molecule has 2 N–H and O–H groups in total. The Morgan fingerprint density at radius 2 is 2.19 bits per heavy atom. The lowest BCUT2D eigenvalue weighted by Crippen LogP contribution is -2.48. The van der Waals surface area contributed by atoms with Gasteiger partial charge in [0, 0.05) is 18.5 Å². The summed E-state index contributed by atoms with van der Waals surface area (Å²) in [6.07, 6.45) is 3.44. The fourth-order valence-electron chi connectivity index (χ4n) is 2.13. The summed E-state index contributed by atoms with van der Waals surface area (Å²) < 4.78 is 0. The minimum absolute atomic E-state index is 0.00785. The van der Waals surface area contributed by atoms with Crippen LogP contribution in [-0.2, 0) is 4.79 Å². The fourth-order valence-corrected chi connectivity index (χ4v) is 2.13. The molecule has 0 aromatic heterocycles. The van der Waals surface area contributed by atoms with Crippen LogP contribution in [0.4, 0.5) is 0 Å². The van der Waals surface area contributed by atoms with Crippen LogP contribution < -0.4 is 5.32 Å². The molecule has 0 bridgehead atoms. The smallest absolute Gasteiger partial charge is 0.228 e. The minimum atomic E-state index is -0.274. The maximum atomic E-state index is 12.3. The first-order valence-electron chi connectivity index (χ1n) is 5.86. The number of amides is 1. The molecule has 92 valence electrons. The molecule has 4 heteroatoms. The van der Waals surface area contributed by atoms with Crippen LogP contribution in [0.1, 0.15) is 19.8 Å². The van der Waals surface area contributed by atoms with E-state index in [0.717, 1.165) is 25.9 Å². The molecular weight excluding hydrogens is 204 g/mol. The number of carbonyl (C=O) groups excluding carboxylic acids is 1. The molecule has 0 atom stereocenters. The van der Waals surface area contributed by atoms with Gasteiger partial charge in [0.05, 0.1) is 6.61 Å². The van der Waals surface area contributed by atoms with Crippen molar-refractivity contribution in [2.24, 2.45) is 5.41 Å². The summed E-state index contributed by atoms with van der Waals surface area (Å²) in [6.45, 7) is 8.37. The highest BCUT2D eigenvalue weighted by atomic mass is 16.3. The van der Waals surface area contributed by atoms with E-state index >= 15 is 0 Å². The molecule has 0 unspecified atom stereocenters. The van der Waals surface area contributed by atoms with E-state index in [4.69, 9.17) is 5.11 Å². The molecule has 0 spiro atoms. The number of nitrogens with one attached hydrogen (secondary N) is 1. The second-order valence-corrected chi connectivity index (χ2v) is 4.57. The van der Waals surface area contributed by atoms with Gasteiger partial charge in [-0.2, -0.15) is 0 Å². The first kappa shape index (κ1) is 13.2. The standard InChI is InChI=1S/C12H22N2O2/c1-3-8-14(9-10-15)11(16)12(2)4-6-13-7-5-12/h3,13,15H,1,4-10H2,2H3. The second kappa shape index (κ2) is 6.01. The zero-order valence-corrected chi connectivity index (χ0v) is 10.0. The topological polar surface area (TPSA) is 52.6 Å². The van der Waals surface area contributed by atoms with Crippen molar-refractivity contribution >= 4 is 5.91 Å². The van der Waals surface area contributed by atoms with Crippen molar-refractivity contribution in [2.75, 3.05) is 32.8 Å². The Hall–Kier alpha value is -0.870. The van der Waals surface area contributed by atoms with Crippen molar-refractivity contribution in [3.05, 3.63) is 12.7 Å². The van der Waals surface area contributed by atoms with Crippen LogP contribution in [0.3, 0.4) is 0 Å². The van der Waals surface area contributed by atoms with Crippen LogP contribution in [0.25, 0.3) is 0 Å². The van der Waals surface area contributed by atoms with Gasteiger partial charge in [-0.25, -0.2) is 0 Å². The quantitative estimate of drug-likeness (QED) is 0.667. The molecule has 0 aliphatic carbocycles. The predicted octanol–water partition coefficient (Wildman–Crippen LogP) is 0.383. The van der Waals surface area contributed by atoms with Crippen molar-refractivity contribution in [1.29, 1.82) is 0 Å². The number of piperidine rings is 1. The van der Waals surface area contributed by atoms with Gasteiger partial charge in [0.2, 0.25) is 5.91 Å². The Balaban J connectivity index is 2.67. The lowest BCUT2D eigenvalue weighted by Gasteiger charge is -2.36. The molecule has 0 aromatic carbocycles. The lowest BCUT2D eigenvalue weighted by molar-refractivity contribution is -0.142. The van der Waals surface area contributed by atoms with Crippen LogP contribution in [-0.4, -0.2) is 48.7 Å². The number of hydrogen-bond acceptors (Lipinski definition) is 3. The zero-order valence-electron chi connectivity index (χ0n) is 10.0. The molecule has 0 saturated carbocycles. The highest BCUT2D eigenvalue weighted by Gasteiger charge is 2.37. The average molecular weight is 226 g/mol. The molecular formula is C12H22N2O2. The van der Waals surface area contributed by atoms with Crippen molar-refractivity contribution in [2.45, 2.75) is 19.8 Å². The summed E-state index contributed by atoms with van der Waals surface area (Å²) in [5.74, 6) is 0.142. The van der Waals surface area contributed by atoms with Gasteiger partial charge in [-0.15, -0.1) is 6.58 Å². The Morgan fingerprint density at radius 1 is 1.56 bits per heavy atom. The Morgan fingerprint density at radius 3 is 2.69 bits per heavy atom. The molecule has 1 fully saturated rings. The third-order valence-corrected chi connectivity index (χ3v) is 3.23. The maximum Gasteiger partial charge on any atom is 0.228 e. The summed E-state index contributed by atoms with van der Waals surface area (Å²) in [4.78, 5) is 14.0. The number of nitrogens with zero attached hydrogens (tertiary/aromatic N) is 1. The number of hydrogen-bond donors (Lipinski definition) is 2. The highest BCUT2D eigenvalue weighted by molar-refractivity contribution is 5.82. The fraction of sp³-hybridized carbons (Fsp3) is 0.750. The molecule has 1 aliphatic rings. The monoisotopic (exact) mass is 226 g/mol. The molecule has 0 aromatic rings. The Labute approximate surface area is 97.3 Å². The molecule has 4 nitrogen and oxygen atoms in total. The van der Waals surface area contributed by atoms with Gasteiger partial charge in [0.1, 0.15) is 0 Å². The van der Waals surface area contributed by atoms with E-state index < -0.39 is 0 Å². The van der Waals surface area contributed by atoms with Crippen molar-refractivity contribution in [3.63, 3.8) is 0 Å². The maximum absolute atomic E-state index is 12.3. The third-order valence-electron chi connectivity index (χ3n) is 3.23. The van der Waals surface area contributed by atoms with Crippen LogP contribution in [0, 0.1) is 5.41 Å². The van der Waals surface area contributed by atoms with Gasteiger partial charge < -0.3 is 15.3 Å². The van der Waals surface area contributed by atoms with Gasteiger partial charge in [0.15, 0.2) is 0 Å². The van der Waals surface area contributed by atoms with Crippen molar-refractivity contribution in [1.82, 2.24) is 10.2 Å². The number of aliphatic hydroxyl groups is 1. The lowest BCUT2D eigenvalue weighted by atomic mass is 9.79. The molecule has 0 radical (unpaired) electrons. The summed E-state index contributed by atoms with van der Waals surface area (Å²) in [7, 11) is 0. The van der Waals surface area contributed by atoms with Gasteiger partial charge in [0.25, 0.3) is 0 Å². The summed E-state index contributed by atoms with van der Waals surface area (Å²) >= 11 is 0. The Kier molecular flexibility index (Phi) is 4.96. The molecule has 1 rings (SSSR count). The van der Waals surface area contributed by atoms with Gasteiger partial charge in [-0.3, -0.25) is 4.79 Å².